The molecule has 5 nitrogen and oxygen atoms in total. The summed E-state index contributed by atoms with van der Waals surface area (Å²) >= 11 is 0. The monoisotopic (exact) mass is 301 g/mol. The second-order valence-corrected chi connectivity index (χ2v) is 5.86. The average Bonchev–Trinajstić information content (AvgIpc) is 3.08. The number of hydrogen-bond donors (Lipinski definition) is 1. The molecule has 1 atom stereocenters. The lowest BCUT2D eigenvalue weighted by Gasteiger charge is -2.12. The molecular weight excluding hydrogens is 278 g/mol. The molecule has 0 unspecified atom stereocenters. The molecule has 3 rings (SSSR count). The van der Waals surface area contributed by atoms with Gasteiger partial charge in [0, 0.05) is 36.8 Å². The normalized spacial score (nSPS) is 16.4. The summed E-state index contributed by atoms with van der Waals surface area (Å²) in [5.41, 5.74) is 3.59. The number of aryl methyl sites for hydroxylation is 1. The number of ether oxygens (including phenoxy) is 2. The maximum absolute atomic E-state index is 5.94. The molecule has 0 saturated heterocycles. The Balaban J connectivity index is 1.61. The van der Waals surface area contributed by atoms with Gasteiger partial charge >= 0.3 is 0 Å². The summed E-state index contributed by atoms with van der Waals surface area (Å²) in [6.45, 7) is 6.64. The molecule has 1 aromatic carbocycles. The summed E-state index contributed by atoms with van der Waals surface area (Å²) in [7, 11) is 1.71. The van der Waals surface area contributed by atoms with Crippen LogP contribution in [0.15, 0.2) is 24.5 Å². The van der Waals surface area contributed by atoms with Crippen molar-refractivity contribution in [2.24, 2.45) is 0 Å². The van der Waals surface area contributed by atoms with Gasteiger partial charge in [-0.05, 0) is 31.5 Å². The van der Waals surface area contributed by atoms with E-state index in [4.69, 9.17) is 9.47 Å². The molecule has 0 fully saturated rings. The van der Waals surface area contributed by atoms with E-state index in [1.807, 2.05) is 10.9 Å². The number of aromatic nitrogens is 2. The lowest BCUT2D eigenvalue weighted by molar-refractivity contribution is 0.252. The van der Waals surface area contributed by atoms with Crippen molar-refractivity contribution in [2.75, 3.05) is 13.7 Å². The van der Waals surface area contributed by atoms with Gasteiger partial charge in [0.25, 0.3) is 0 Å². The van der Waals surface area contributed by atoms with Gasteiger partial charge < -0.3 is 14.8 Å². The van der Waals surface area contributed by atoms with E-state index in [0.29, 0.717) is 0 Å². The first-order chi connectivity index (χ1) is 10.7. The number of hydrogen-bond acceptors (Lipinski definition) is 4. The molecule has 0 bridgehead atoms. The van der Waals surface area contributed by atoms with Gasteiger partial charge in [0.15, 0.2) is 0 Å². The molecule has 1 aliphatic heterocycles. The quantitative estimate of drug-likeness (QED) is 0.832. The molecule has 0 aliphatic carbocycles. The molecule has 0 amide bonds. The van der Waals surface area contributed by atoms with E-state index in [-0.39, 0.29) is 6.10 Å². The van der Waals surface area contributed by atoms with Gasteiger partial charge in [0.1, 0.15) is 17.6 Å². The highest BCUT2D eigenvalue weighted by Gasteiger charge is 2.23. The van der Waals surface area contributed by atoms with Gasteiger partial charge in [-0.25, -0.2) is 0 Å². The Hall–Kier alpha value is -2.01. The summed E-state index contributed by atoms with van der Waals surface area (Å²) < 4.78 is 13.3. The van der Waals surface area contributed by atoms with E-state index in [2.05, 4.69) is 42.6 Å². The van der Waals surface area contributed by atoms with E-state index in [9.17, 15) is 0 Å². The van der Waals surface area contributed by atoms with Gasteiger partial charge in [-0.1, -0.05) is 0 Å². The number of benzene rings is 1. The molecule has 1 N–H and O–H groups in total. The summed E-state index contributed by atoms with van der Waals surface area (Å²) in [5.74, 6) is 1.92. The summed E-state index contributed by atoms with van der Waals surface area (Å²) in [4.78, 5) is 0. The van der Waals surface area contributed by atoms with Crippen molar-refractivity contribution in [3.63, 3.8) is 0 Å². The van der Waals surface area contributed by atoms with Crippen LogP contribution < -0.4 is 14.8 Å². The molecule has 0 spiro atoms. The fraction of sp³-hybridized carbons (Fsp3) is 0.471. The van der Waals surface area contributed by atoms with Crippen molar-refractivity contribution in [2.45, 2.75) is 39.5 Å². The summed E-state index contributed by atoms with van der Waals surface area (Å²) in [6, 6.07) is 4.14. The first-order valence-corrected chi connectivity index (χ1v) is 7.72. The lowest BCUT2D eigenvalue weighted by Crippen LogP contribution is -2.20. The SMILES string of the molecule is COc1cc(CNCCn2cc(C)cn2)c2c(c1)C[C@@H](C)O2. The number of methoxy groups -OCH3 is 1. The van der Waals surface area contributed by atoms with Crippen molar-refractivity contribution in [1.29, 1.82) is 0 Å². The van der Waals surface area contributed by atoms with Crippen LogP contribution in [-0.2, 0) is 19.5 Å². The van der Waals surface area contributed by atoms with Gasteiger partial charge in [0.2, 0.25) is 0 Å². The van der Waals surface area contributed by atoms with Gasteiger partial charge in [-0.15, -0.1) is 0 Å². The van der Waals surface area contributed by atoms with Crippen molar-refractivity contribution in [3.05, 3.63) is 41.2 Å². The third-order valence-electron chi connectivity index (χ3n) is 3.87. The molecule has 22 heavy (non-hydrogen) atoms. The largest absolute Gasteiger partial charge is 0.497 e. The highest BCUT2D eigenvalue weighted by atomic mass is 16.5. The van der Waals surface area contributed by atoms with E-state index in [1.54, 1.807) is 7.11 Å². The Morgan fingerprint density at radius 2 is 2.32 bits per heavy atom. The van der Waals surface area contributed by atoms with Crippen LogP contribution in [0.5, 0.6) is 11.5 Å². The Morgan fingerprint density at radius 1 is 1.45 bits per heavy atom. The molecule has 1 aromatic heterocycles. The van der Waals surface area contributed by atoms with E-state index < -0.39 is 0 Å². The number of nitrogens with zero attached hydrogens (tertiary/aromatic N) is 2. The van der Waals surface area contributed by atoms with Gasteiger partial charge in [-0.3, -0.25) is 4.68 Å². The minimum atomic E-state index is 0.243. The van der Waals surface area contributed by atoms with Crippen LogP contribution in [0.4, 0.5) is 0 Å². The second kappa shape index (κ2) is 6.40. The smallest absolute Gasteiger partial charge is 0.127 e. The highest BCUT2D eigenvalue weighted by molar-refractivity contribution is 5.49. The van der Waals surface area contributed by atoms with E-state index in [1.165, 1.54) is 11.1 Å². The molecule has 0 saturated carbocycles. The zero-order chi connectivity index (χ0) is 15.5. The highest BCUT2D eigenvalue weighted by Crippen LogP contribution is 2.36. The van der Waals surface area contributed by atoms with Crippen LogP contribution in [0, 0.1) is 6.92 Å². The summed E-state index contributed by atoms with van der Waals surface area (Å²) in [6.07, 6.45) is 5.12. The van der Waals surface area contributed by atoms with Gasteiger partial charge in [-0.2, -0.15) is 5.10 Å². The Labute approximate surface area is 131 Å². The zero-order valence-corrected chi connectivity index (χ0v) is 13.4. The molecular formula is C17H23N3O2. The third kappa shape index (κ3) is 3.25. The predicted octanol–water partition coefficient (Wildman–Crippen LogP) is 2.31. The molecule has 2 heterocycles. The Kier molecular flexibility index (Phi) is 4.34. The molecule has 5 heteroatoms. The fourth-order valence-corrected chi connectivity index (χ4v) is 2.83. The lowest BCUT2D eigenvalue weighted by atomic mass is 10.1. The fourth-order valence-electron chi connectivity index (χ4n) is 2.83. The molecule has 0 radical (unpaired) electrons. The zero-order valence-electron chi connectivity index (χ0n) is 13.4. The topological polar surface area (TPSA) is 48.3 Å². The van der Waals surface area contributed by atoms with E-state index in [0.717, 1.165) is 43.1 Å². The third-order valence-corrected chi connectivity index (χ3v) is 3.87. The summed E-state index contributed by atoms with van der Waals surface area (Å²) in [5, 5.41) is 7.75. The minimum absolute atomic E-state index is 0.243. The maximum Gasteiger partial charge on any atom is 0.127 e. The maximum atomic E-state index is 5.94. The number of fused-ring (bicyclic) bond motifs is 1. The van der Waals surface area contributed by atoms with Crippen LogP contribution in [0.1, 0.15) is 23.6 Å². The molecule has 1 aliphatic rings. The van der Waals surface area contributed by atoms with Crippen LogP contribution >= 0.6 is 0 Å². The van der Waals surface area contributed by atoms with E-state index >= 15 is 0 Å². The predicted molar refractivity (Wildman–Crippen MR) is 85.5 cm³/mol. The van der Waals surface area contributed by atoms with Gasteiger partial charge in [0.05, 0.1) is 19.9 Å². The van der Waals surface area contributed by atoms with Crippen molar-refractivity contribution in [3.8, 4) is 11.5 Å². The van der Waals surface area contributed by atoms with Crippen LogP contribution in [0.25, 0.3) is 0 Å². The Morgan fingerprint density at radius 3 is 3.05 bits per heavy atom. The first kappa shape index (κ1) is 14.9. The van der Waals surface area contributed by atoms with Crippen LogP contribution in [0.3, 0.4) is 0 Å². The molecule has 2 aromatic rings. The number of rotatable bonds is 6. The number of nitrogens with one attached hydrogen (secondary N) is 1. The van der Waals surface area contributed by atoms with Crippen molar-refractivity contribution >= 4 is 0 Å². The van der Waals surface area contributed by atoms with Crippen molar-refractivity contribution < 1.29 is 9.47 Å². The standard InChI is InChI=1S/C17H23N3O2/c1-12-9-19-20(11-12)5-4-18-10-15-8-16(21-3)7-14-6-13(2)22-17(14)15/h7-9,11,13,18H,4-6,10H2,1-3H3/t13-/m1/s1. The van der Waals surface area contributed by atoms with Crippen molar-refractivity contribution in [1.82, 2.24) is 15.1 Å². The Bertz CT molecular complexity index is 651. The van der Waals surface area contributed by atoms with Crippen LogP contribution in [0.2, 0.25) is 0 Å². The average molecular weight is 301 g/mol. The second-order valence-electron chi connectivity index (χ2n) is 5.86. The molecule has 118 valence electrons. The van der Waals surface area contributed by atoms with Crippen LogP contribution in [-0.4, -0.2) is 29.5 Å². The minimum Gasteiger partial charge on any atom is -0.497 e. The first-order valence-electron chi connectivity index (χ1n) is 7.72.